The third kappa shape index (κ3) is 5.02. The Balaban J connectivity index is 1.47. The van der Waals surface area contributed by atoms with Crippen LogP contribution >= 0.6 is 7.60 Å². The molecule has 1 saturated heterocycles. The highest BCUT2D eigenvalue weighted by Crippen LogP contribution is 2.49. The fourth-order valence-electron chi connectivity index (χ4n) is 5.17. The number of anilines is 1. The number of rotatable bonds is 8. The zero-order chi connectivity index (χ0) is 26.9. The van der Waals surface area contributed by atoms with Crippen molar-refractivity contribution in [3.05, 3.63) is 114 Å². The van der Waals surface area contributed by atoms with Crippen molar-refractivity contribution in [1.82, 2.24) is 0 Å². The molecule has 0 radical (unpaired) electrons. The first kappa shape index (κ1) is 25.9. The summed E-state index contributed by atoms with van der Waals surface area (Å²) in [7, 11) is -4.53. The Morgan fingerprint density at radius 3 is 2.13 bits per heavy atom. The highest BCUT2D eigenvalue weighted by Gasteiger charge is 2.49. The SMILES string of the molecule is O=C1C(CCC(O)c2ccccc2)C(c2ccc(-c3ccccc3P(=O)(O)O)cc2O)N1c1ccccc1. The average molecular weight is 530 g/mol. The number of aromatic hydroxyl groups is 1. The van der Waals surface area contributed by atoms with Crippen molar-refractivity contribution in [3.63, 3.8) is 0 Å². The Morgan fingerprint density at radius 2 is 1.47 bits per heavy atom. The van der Waals surface area contributed by atoms with Gasteiger partial charge in [-0.3, -0.25) is 9.36 Å². The number of carbonyl (C=O) groups excluding carboxylic acids is 1. The summed E-state index contributed by atoms with van der Waals surface area (Å²) < 4.78 is 12.0. The van der Waals surface area contributed by atoms with Gasteiger partial charge in [-0.05, 0) is 53.8 Å². The summed E-state index contributed by atoms with van der Waals surface area (Å²) in [6.45, 7) is 0. The summed E-state index contributed by atoms with van der Waals surface area (Å²) in [6.07, 6.45) is 0.0923. The molecule has 7 nitrogen and oxygen atoms in total. The van der Waals surface area contributed by atoms with Gasteiger partial charge in [0, 0.05) is 11.3 Å². The van der Waals surface area contributed by atoms with Crippen LogP contribution in [0.1, 0.15) is 36.1 Å². The number of aliphatic hydroxyl groups excluding tert-OH is 1. The first-order valence-corrected chi connectivity index (χ1v) is 14.0. The van der Waals surface area contributed by atoms with E-state index in [0.29, 0.717) is 35.2 Å². The summed E-state index contributed by atoms with van der Waals surface area (Å²) in [5.74, 6) is -0.612. The molecule has 4 aromatic rings. The number of hydrogen-bond acceptors (Lipinski definition) is 4. The van der Waals surface area contributed by atoms with Gasteiger partial charge < -0.3 is 24.9 Å². The van der Waals surface area contributed by atoms with Crippen LogP contribution in [0.25, 0.3) is 11.1 Å². The first-order chi connectivity index (χ1) is 18.3. The molecule has 194 valence electrons. The van der Waals surface area contributed by atoms with Crippen LogP contribution in [0.15, 0.2) is 103 Å². The van der Waals surface area contributed by atoms with E-state index >= 15 is 0 Å². The molecule has 1 fully saturated rings. The monoisotopic (exact) mass is 529 g/mol. The molecule has 4 N–H and O–H groups in total. The normalized spacial score (nSPS) is 18.2. The lowest BCUT2D eigenvalue weighted by Crippen LogP contribution is -2.55. The van der Waals surface area contributed by atoms with E-state index in [1.54, 1.807) is 35.2 Å². The average Bonchev–Trinajstić information content (AvgIpc) is 2.92. The van der Waals surface area contributed by atoms with Crippen LogP contribution in [0, 0.1) is 5.92 Å². The highest BCUT2D eigenvalue weighted by atomic mass is 31.2. The smallest absolute Gasteiger partial charge is 0.356 e. The molecule has 1 aliphatic heterocycles. The predicted octanol–water partition coefficient (Wildman–Crippen LogP) is 5.08. The van der Waals surface area contributed by atoms with Crippen molar-refractivity contribution in [1.29, 1.82) is 0 Å². The fraction of sp³-hybridized carbons (Fsp3) is 0.167. The lowest BCUT2D eigenvalue weighted by atomic mass is 9.77. The Morgan fingerprint density at radius 1 is 0.842 bits per heavy atom. The highest BCUT2D eigenvalue weighted by molar-refractivity contribution is 7.60. The van der Waals surface area contributed by atoms with E-state index in [4.69, 9.17) is 0 Å². The molecule has 0 aromatic heterocycles. The number of aliphatic hydroxyl groups is 1. The number of amides is 1. The molecule has 0 bridgehead atoms. The molecule has 0 aliphatic carbocycles. The van der Waals surface area contributed by atoms with Gasteiger partial charge in [0.1, 0.15) is 5.75 Å². The van der Waals surface area contributed by atoms with Crippen LogP contribution < -0.4 is 10.2 Å². The fourth-order valence-corrected chi connectivity index (χ4v) is 5.97. The lowest BCUT2D eigenvalue weighted by Gasteiger charge is -2.48. The maximum absolute atomic E-state index is 13.3. The van der Waals surface area contributed by atoms with Gasteiger partial charge in [-0.1, -0.05) is 78.9 Å². The third-order valence-corrected chi connectivity index (χ3v) is 8.08. The minimum atomic E-state index is -4.53. The second-order valence-corrected chi connectivity index (χ2v) is 11.0. The van der Waals surface area contributed by atoms with Crippen LogP contribution in [-0.2, 0) is 9.36 Å². The quantitative estimate of drug-likeness (QED) is 0.187. The Hall–Kier alpha value is -3.74. The molecule has 3 unspecified atom stereocenters. The van der Waals surface area contributed by atoms with Crippen molar-refractivity contribution in [2.75, 3.05) is 4.90 Å². The molecular formula is C30H28NO6P. The van der Waals surface area contributed by atoms with Gasteiger partial charge in [0.05, 0.1) is 23.4 Å². The molecule has 0 spiro atoms. The Bertz CT molecular complexity index is 1490. The molecule has 3 atom stereocenters. The van der Waals surface area contributed by atoms with Crippen molar-refractivity contribution >= 4 is 24.5 Å². The van der Waals surface area contributed by atoms with E-state index in [-0.39, 0.29) is 17.0 Å². The molecular weight excluding hydrogens is 501 g/mol. The number of phenols is 1. The number of β-lactam (4-membered cyclic amide) rings is 1. The Kier molecular flexibility index (Phi) is 7.19. The largest absolute Gasteiger partial charge is 0.508 e. The number of para-hydroxylation sites is 1. The van der Waals surface area contributed by atoms with Gasteiger partial charge in [0.25, 0.3) is 0 Å². The molecule has 1 amide bonds. The summed E-state index contributed by atoms with van der Waals surface area (Å²) in [4.78, 5) is 34.5. The molecule has 4 aromatic carbocycles. The van der Waals surface area contributed by atoms with Gasteiger partial charge >= 0.3 is 7.60 Å². The molecule has 1 aliphatic rings. The van der Waals surface area contributed by atoms with E-state index in [1.165, 1.54) is 12.1 Å². The lowest BCUT2D eigenvalue weighted by molar-refractivity contribution is -0.131. The minimum Gasteiger partial charge on any atom is -0.508 e. The number of hydrogen-bond donors (Lipinski definition) is 4. The second kappa shape index (κ2) is 10.6. The van der Waals surface area contributed by atoms with Crippen LogP contribution in [0.3, 0.4) is 0 Å². The summed E-state index contributed by atoms with van der Waals surface area (Å²) in [5, 5.41) is 21.7. The number of benzene rings is 4. The number of nitrogens with zero attached hydrogens (tertiary/aromatic N) is 1. The maximum atomic E-state index is 13.3. The zero-order valence-corrected chi connectivity index (χ0v) is 21.4. The van der Waals surface area contributed by atoms with Gasteiger partial charge in [-0.15, -0.1) is 0 Å². The van der Waals surface area contributed by atoms with E-state index in [1.807, 2.05) is 60.7 Å². The zero-order valence-electron chi connectivity index (χ0n) is 20.5. The third-order valence-electron chi connectivity index (χ3n) is 7.06. The summed E-state index contributed by atoms with van der Waals surface area (Å²) in [6, 6.07) is 29.1. The number of carbonyl (C=O) groups is 1. The maximum Gasteiger partial charge on any atom is 0.356 e. The van der Waals surface area contributed by atoms with Gasteiger partial charge in [-0.25, -0.2) is 0 Å². The number of phenolic OH excluding ortho intramolecular Hbond substituents is 1. The van der Waals surface area contributed by atoms with E-state index in [2.05, 4.69) is 0 Å². The molecule has 38 heavy (non-hydrogen) atoms. The van der Waals surface area contributed by atoms with Crippen molar-refractivity contribution in [2.45, 2.75) is 25.0 Å². The van der Waals surface area contributed by atoms with E-state index in [9.17, 15) is 29.4 Å². The van der Waals surface area contributed by atoms with Crippen molar-refractivity contribution < 1.29 is 29.4 Å². The van der Waals surface area contributed by atoms with Crippen molar-refractivity contribution in [3.8, 4) is 16.9 Å². The minimum absolute atomic E-state index is 0.0740. The first-order valence-electron chi connectivity index (χ1n) is 12.4. The molecule has 0 saturated carbocycles. The van der Waals surface area contributed by atoms with Crippen LogP contribution in [-0.4, -0.2) is 25.9 Å². The van der Waals surface area contributed by atoms with Gasteiger partial charge in [-0.2, -0.15) is 0 Å². The molecule has 5 rings (SSSR count). The predicted molar refractivity (Wildman–Crippen MR) is 146 cm³/mol. The molecule has 1 heterocycles. The van der Waals surface area contributed by atoms with E-state index in [0.717, 1.165) is 5.56 Å². The summed E-state index contributed by atoms with van der Waals surface area (Å²) >= 11 is 0. The standard InChI is InChI=1S/C30H28NO6P/c32-26(20-9-3-1-4-10-20)18-17-25-29(31(30(25)34)22-11-5-2-6-12-22)24-16-15-21(19-27(24)33)23-13-7-8-14-28(23)38(35,36)37/h1-16,19,25-26,29,32-33H,17-18H2,(H2,35,36,37). The molecule has 8 heteroatoms. The van der Waals surface area contributed by atoms with Crippen LogP contribution in [0.4, 0.5) is 5.69 Å². The summed E-state index contributed by atoms with van der Waals surface area (Å²) in [5.41, 5.74) is 2.81. The van der Waals surface area contributed by atoms with E-state index < -0.39 is 25.7 Å². The van der Waals surface area contributed by atoms with Crippen LogP contribution in [0.2, 0.25) is 0 Å². The van der Waals surface area contributed by atoms with Crippen molar-refractivity contribution in [2.24, 2.45) is 5.92 Å². The second-order valence-electron chi connectivity index (χ2n) is 9.43. The van der Waals surface area contributed by atoms with Gasteiger partial charge in [0.2, 0.25) is 5.91 Å². The Labute approximate surface area is 220 Å². The van der Waals surface area contributed by atoms with Crippen LogP contribution in [0.5, 0.6) is 5.75 Å². The topological polar surface area (TPSA) is 118 Å². The van der Waals surface area contributed by atoms with Gasteiger partial charge in [0.15, 0.2) is 0 Å².